The van der Waals surface area contributed by atoms with Gasteiger partial charge in [0.25, 0.3) is 5.56 Å². The number of nitrogens with one attached hydrogen (secondary N) is 1. The third kappa shape index (κ3) is 4.81. The van der Waals surface area contributed by atoms with Gasteiger partial charge in [-0.05, 0) is 30.5 Å². The van der Waals surface area contributed by atoms with E-state index >= 15 is 0 Å². The summed E-state index contributed by atoms with van der Waals surface area (Å²) in [5, 5.41) is 2.93. The summed E-state index contributed by atoms with van der Waals surface area (Å²) >= 11 is 0. The number of hydrogen-bond donors (Lipinski definition) is 1. The fourth-order valence-electron chi connectivity index (χ4n) is 4.22. The molecule has 1 aliphatic heterocycles. The summed E-state index contributed by atoms with van der Waals surface area (Å²) in [6.07, 6.45) is 0.645. The van der Waals surface area contributed by atoms with Crippen LogP contribution in [0.1, 0.15) is 48.0 Å². The first kappa shape index (κ1) is 22.0. The third-order valence-corrected chi connectivity index (χ3v) is 5.92. The molecule has 0 aliphatic carbocycles. The standard InChI is InChI=1S/C26H30N4O2/c1-18(2)25-28-23-16-29(15-20-10-5-4-6-11-20)14-13-21(23)26(32)30(25)17-24(31)27-22-12-8-7-9-19(22)3/h4-12,18H,13-17H2,1-3H3,(H,27,31). The largest absolute Gasteiger partial charge is 0.324 e. The van der Waals surface area contributed by atoms with Gasteiger partial charge in [-0.15, -0.1) is 0 Å². The summed E-state index contributed by atoms with van der Waals surface area (Å²) in [5.74, 6) is 0.477. The molecule has 0 atom stereocenters. The Kier molecular flexibility index (Phi) is 6.51. The molecule has 32 heavy (non-hydrogen) atoms. The fraction of sp³-hybridized carbons (Fsp3) is 0.346. The zero-order valence-corrected chi connectivity index (χ0v) is 19.0. The van der Waals surface area contributed by atoms with E-state index in [1.165, 1.54) is 5.56 Å². The van der Waals surface area contributed by atoms with Gasteiger partial charge in [0.15, 0.2) is 0 Å². The number of benzene rings is 2. The number of fused-ring (bicyclic) bond motifs is 1. The average Bonchev–Trinajstić information content (AvgIpc) is 2.77. The normalized spacial score (nSPS) is 13.8. The molecule has 2 heterocycles. The van der Waals surface area contributed by atoms with E-state index in [2.05, 4.69) is 22.3 Å². The minimum Gasteiger partial charge on any atom is -0.324 e. The zero-order chi connectivity index (χ0) is 22.7. The molecular formula is C26H30N4O2. The molecule has 3 aromatic rings. The van der Waals surface area contributed by atoms with Gasteiger partial charge in [0.1, 0.15) is 12.4 Å². The van der Waals surface area contributed by atoms with Crippen LogP contribution in [0.2, 0.25) is 0 Å². The van der Waals surface area contributed by atoms with Crippen LogP contribution in [0.15, 0.2) is 59.4 Å². The zero-order valence-electron chi connectivity index (χ0n) is 19.0. The third-order valence-electron chi connectivity index (χ3n) is 5.92. The van der Waals surface area contributed by atoms with Crippen LogP contribution in [-0.2, 0) is 30.8 Å². The van der Waals surface area contributed by atoms with E-state index in [-0.39, 0.29) is 23.9 Å². The maximum atomic E-state index is 13.4. The van der Waals surface area contributed by atoms with Gasteiger partial charge in [0.05, 0.1) is 5.69 Å². The highest BCUT2D eigenvalue weighted by Gasteiger charge is 2.25. The van der Waals surface area contributed by atoms with Gasteiger partial charge >= 0.3 is 0 Å². The van der Waals surface area contributed by atoms with E-state index in [9.17, 15) is 9.59 Å². The van der Waals surface area contributed by atoms with E-state index in [1.807, 2.05) is 63.2 Å². The van der Waals surface area contributed by atoms with Crippen LogP contribution in [-0.4, -0.2) is 26.9 Å². The Morgan fingerprint density at radius 3 is 2.53 bits per heavy atom. The minimum atomic E-state index is -0.216. The molecule has 0 radical (unpaired) electrons. The molecule has 1 amide bonds. The molecular weight excluding hydrogens is 400 g/mol. The van der Waals surface area contributed by atoms with Crippen LogP contribution in [0.3, 0.4) is 0 Å². The molecule has 0 saturated carbocycles. The lowest BCUT2D eigenvalue weighted by Gasteiger charge is -2.29. The lowest BCUT2D eigenvalue weighted by molar-refractivity contribution is -0.116. The first-order chi connectivity index (χ1) is 15.4. The number of carbonyl (C=O) groups excluding carboxylic acids is 1. The van der Waals surface area contributed by atoms with Crippen molar-refractivity contribution >= 4 is 11.6 Å². The lowest BCUT2D eigenvalue weighted by atomic mass is 10.0. The van der Waals surface area contributed by atoms with Crippen molar-refractivity contribution in [1.82, 2.24) is 14.5 Å². The van der Waals surface area contributed by atoms with Crippen LogP contribution < -0.4 is 10.9 Å². The Labute approximate surface area is 188 Å². The lowest BCUT2D eigenvalue weighted by Crippen LogP contribution is -2.40. The molecule has 0 unspecified atom stereocenters. The maximum absolute atomic E-state index is 13.4. The SMILES string of the molecule is Cc1ccccc1NC(=O)Cn1c(C(C)C)nc2c(c1=O)CCN(Cc1ccccc1)C2. The van der Waals surface area contributed by atoms with E-state index in [0.717, 1.165) is 35.6 Å². The predicted octanol–water partition coefficient (Wildman–Crippen LogP) is 3.87. The summed E-state index contributed by atoms with van der Waals surface area (Å²) < 4.78 is 1.56. The highest BCUT2D eigenvalue weighted by atomic mass is 16.2. The Bertz CT molecular complexity index is 1170. The number of nitrogens with zero attached hydrogens (tertiary/aromatic N) is 3. The number of rotatable bonds is 6. The van der Waals surface area contributed by atoms with Crippen molar-refractivity contribution in [2.24, 2.45) is 0 Å². The van der Waals surface area contributed by atoms with Crippen LogP contribution in [0, 0.1) is 6.92 Å². The number of hydrogen-bond acceptors (Lipinski definition) is 4. The first-order valence-corrected chi connectivity index (χ1v) is 11.2. The monoisotopic (exact) mass is 430 g/mol. The summed E-state index contributed by atoms with van der Waals surface area (Å²) in [4.78, 5) is 33.4. The Balaban J connectivity index is 1.57. The molecule has 0 fully saturated rings. The van der Waals surface area contributed by atoms with Gasteiger partial charge in [-0.1, -0.05) is 62.4 Å². The van der Waals surface area contributed by atoms with Crippen molar-refractivity contribution in [3.05, 3.63) is 93.2 Å². The van der Waals surface area contributed by atoms with E-state index in [1.54, 1.807) is 4.57 Å². The van der Waals surface area contributed by atoms with Gasteiger partial charge in [-0.2, -0.15) is 0 Å². The topological polar surface area (TPSA) is 67.2 Å². The second-order valence-electron chi connectivity index (χ2n) is 8.75. The van der Waals surface area contributed by atoms with Crippen LogP contribution in [0.25, 0.3) is 0 Å². The number of carbonyl (C=O) groups is 1. The van der Waals surface area contributed by atoms with Crippen LogP contribution >= 0.6 is 0 Å². The number of aryl methyl sites for hydroxylation is 1. The van der Waals surface area contributed by atoms with Gasteiger partial charge in [-0.25, -0.2) is 4.98 Å². The Hall–Kier alpha value is -3.25. The van der Waals surface area contributed by atoms with Gasteiger partial charge in [-0.3, -0.25) is 19.1 Å². The van der Waals surface area contributed by atoms with E-state index in [0.29, 0.717) is 18.8 Å². The summed E-state index contributed by atoms with van der Waals surface area (Å²) in [6.45, 7) is 8.21. The average molecular weight is 431 g/mol. The van der Waals surface area contributed by atoms with Crippen molar-refractivity contribution in [2.75, 3.05) is 11.9 Å². The van der Waals surface area contributed by atoms with Crippen molar-refractivity contribution in [3.63, 3.8) is 0 Å². The van der Waals surface area contributed by atoms with Crippen molar-refractivity contribution in [3.8, 4) is 0 Å². The van der Waals surface area contributed by atoms with Crippen LogP contribution in [0.5, 0.6) is 0 Å². The second kappa shape index (κ2) is 9.49. The van der Waals surface area contributed by atoms with Crippen LogP contribution in [0.4, 0.5) is 5.69 Å². The maximum Gasteiger partial charge on any atom is 0.257 e. The molecule has 1 N–H and O–H groups in total. The first-order valence-electron chi connectivity index (χ1n) is 11.2. The molecule has 166 valence electrons. The molecule has 1 aliphatic rings. The molecule has 1 aromatic heterocycles. The molecule has 0 bridgehead atoms. The van der Waals surface area contributed by atoms with E-state index < -0.39 is 0 Å². The number of amides is 1. The molecule has 6 heteroatoms. The molecule has 6 nitrogen and oxygen atoms in total. The number of para-hydroxylation sites is 1. The predicted molar refractivity (Wildman–Crippen MR) is 127 cm³/mol. The molecule has 4 rings (SSSR count). The Morgan fingerprint density at radius 2 is 1.81 bits per heavy atom. The number of anilines is 1. The minimum absolute atomic E-state index is 0.0313. The van der Waals surface area contributed by atoms with Crippen molar-refractivity contribution in [2.45, 2.75) is 52.7 Å². The summed E-state index contributed by atoms with van der Waals surface area (Å²) in [7, 11) is 0. The highest BCUT2D eigenvalue weighted by Crippen LogP contribution is 2.20. The summed E-state index contributed by atoms with van der Waals surface area (Å²) in [6, 6.07) is 18.0. The second-order valence-corrected chi connectivity index (χ2v) is 8.75. The molecule has 0 spiro atoms. The van der Waals surface area contributed by atoms with Gasteiger partial charge < -0.3 is 5.32 Å². The fourth-order valence-corrected chi connectivity index (χ4v) is 4.22. The van der Waals surface area contributed by atoms with Crippen molar-refractivity contribution in [1.29, 1.82) is 0 Å². The van der Waals surface area contributed by atoms with Gasteiger partial charge in [0.2, 0.25) is 5.91 Å². The highest BCUT2D eigenvalue weighted by molar-refractivity contribution is 5.91. The van der Waals surface area contributed by atoms with Crippen molar-refractivity contribution < 1.29 is 4.79 Å². The molecule has 0 saturated heterocycles. The summed E-state index contributed by atoms with van der Waals surface area (Å²) in [5.41, 5.74) is 4.50. The Morgan fingerprint density at radius 1 is 1.09 bits per heavy atom. The number of aromatic nitrogens is 2. The van der Waals surface area contributed by atoms with E-state index in [4.69, 9.17) is 4.98 Å². The quantitative estimate of drug-likeness (QED) is 0.645. The molecule has 2 aromatic carbocycles. The van der Waals surface area contributed by atoms with Gasteiger partial charge in [0, 0.05) is 36.8 Å². The smallest absolute Gasteiger partial charge is 0.257 e.